The Morgan fingerprint density at radius 2 is 2.04 bits per heavy atom. The Kier molecular flexibility index (Phi) is 5.47. The summed E-state index contributed by atoms with van der Waals surface area (Å²) < 4.78 is 6.09. The number of nitrogens with one attached hydrogen (secondary N) is 1. The maximum Gasteiger partial charge on any atom is 0.309 e. The number of ether oxygens (including phenoxy) is 1. The number of hydrogen-bond donors (Lipinski definition) is 1. The predicted molar refractivity (Wildman–Crippen MR) is 100 cm³/mol. The standard InChI is InChI=1S/C19H23BrN2O3/c1-3-25-19(24)13-6-8-22(9-7-13)18(23)11-15-12(2)21-17-5-4-14(20)10-16(15)17/h4-5,10,13,21H,3,6-9,11H2,1-2H3. The first kappa shape index (κ1) is 18.0. The van der Waals surface area contributed by atoms with Gasteiger partial charge in [0.25, 0.3) is 0 Å². The molecule has 3 rings (SSSR count). The van der Waals surface area contributed by atoms with Crippen LogP contribution in [0.2, 0.25) is 0 Å². The molecule has 0 spiro atoms. The van der Waals surface area contributed by atoms with E-state index in [0.717, 1.165) is 26.6 Å². The summed E-state index contributed by atoms with van der Waals surface area (Å²) in [6.45, 7) is 5.47. The molecule has 1 aliphatic heterocycles. The normalized spacial score (nSPS) is 15.6. The summed E-state index contributed by atoms with van der Waals surface area (Å²) in [6.07, 6.45) is 1.75. The third-order valence-corrected chi connectivity index (χ3v) is 5.37. The number of benzene rings is 1. The van der Waals surface area contributed by atoms with Crippen LogP contribution in [0, 0.1) is 12.8 Å². The molecule has 1 aromatic carbocycles. The summed E-state index contributed by atoms with van der Waals surface area (Å²) >= 11 is 3.50. The number of esters is 1. The highest BCUT2D eigenvalue weighted by atomic mass is 79.9. The van der Waals surface area contributed by atoms with Gasteiger partial charge in [0.15, 0.2) is 0 Å². The van der Waals surface area contributed by atoms with Crippen molar-refractivity contribution in [3.8, 4) is 0 Å². The average molecular weight is 407 g/mol. The fourth-order valence-electron chi connectivity index (χ4n) is 3.47. The quantitative estimate of drug-likeness (QED) is 0.789. The number of piperidine rings is 1. The molecule has 1 N–H and O–H groups in total. The largest absolute Gasteiger partial charge is 0.466 e. The third-order valence-electron chi connectivity index (χ3n) is 4.88. The maximum absolute atomic E-state index is 12.7. The topological polar surface area (TPSA) is 62.4 Å². The highest BCUT2D eigenvalue weighted by Gasteiger charge is 2.28. The first-order valence-corrected chi connectivity index (χ1v) is 9.50. The number of fused-ring (bicyclic) bond motifs is 1. The fourth-order valence-corrected chi connectivity index (χ4v) is 3.83. The number of aromatic nitrogens is 1. The maximum atomic E-state index is 12.7. The van der Waals surface area contributed by atoms with E-state index in [-0.39, 0.29) is 17.8 Å². The molecular formula is C19H23BrN2O3. The number of hydrogen-bond acceptors (Lipinski definition) is 3. The second-order valence-corrected chi connectivity index (χ2v) is 7.42. The Labute approximate surface area is 155 Å². The van der Waals surface area contributed by atoms with Gasteiger partial charge in [0, 0.05) is 34.2 Å². The molecule has 0 radical (unpaired) electrons. The number of aryl methyl sites for hydroxylation is 1. The number of halogens is 1. The van der Waals surface area contributed by atoms with Gasteiger partial charge in [-0.25, -0.2) is 0 Å². The molecule has 1 aromatic heterocycles. The van der Waals surface area contributed by atoms with Gasteiger partial charge in [-0.3, -0.25) is 9.59 Å². The predicted octanol–water partition coefficient (Wildman–Crippen LogP) is 3.58. The van der Waals surface area contributed by atoms with Gasteiger partial charge in [0.05, 0.1) is 18.9 Å². The van der Waals surface area contributed by atoms with Crippen molar-refractivity contribution < 1.29 is 14.3 Å². The Morgan fingerprint density at radius 1 is 1.32 bits per heavy atom. The van der Waals surface area contributed by atoms with Gasteiger partial charge in [-0.15, -0.1) is 0 Å². The zero-order valence-corrected chi connectivity index (χ0v) is 16.2. The van der Waals surface area contributed by atoms with Crippen LogP contribution in [0.15, 0.2) is 22.7 Å². The number of aromatic amines is 1. The van der Waals surface area contributed by atoms with Gasteiger partial charge in [0.1, 0.15) is 0 Å². The van der Waals surface area contributed by atoms with E-state index in [1.165, 1.54) is 0 Å². The van der Waals surface area contributed by atoms with Crippen molar-refractivity contribution in [2.75, 3.05) is 19.7 Å². The molecule has 1 fully saturated rings. The van der Waals surface area contributed by atoms with Crippen molar-refractivity contribution in [3.63, 3.8) is 0 Å². The van der Waals surface area contributed by atoms with E-state index in [1.54, 1.807) is 0 Å². The van der Waals surface area contributed by atoms with E-state index >= 15 is 0 Å². The van der Waals surface area contributed by atoms with E-state index in [4.69, 9.17) is 4.74 Å². The van der Waals surface area contributed by atoms with Gasteiger partial charge < -0.3 is 14.6 Å². The number of rotatable bonds is 4. The van der Waals surface area contributed by atoms with E-state index in [0.29, 0.717) is 39.0 Å². The Morgan fingerprint density at radius 3 is 2.72 bits per heavy atom. The molecule has 2 aromatic rings. The molecule has 0 saturated carbocycles. The van der Waals surface area contributed by atoms with Crippen molar-refractivity contribution in [3.05, 3.63) is 33.9 Å². The van der Waals surface area contributed by atoms with Crippen molar-refractivity contribution in [1.29, 1.82) is 0 Å². The monoisotopic (exact) mass is 406 g/mol. The van der Waals surface area contributed by atoms with Crippen molar-refractivity contribution >= 4 is 38.7 Å². The molecule has 5 nitrogen and oxygen atoms in total. The summed E-state index contributed by atoms with van der Waals surface area (Å²) in [7, 11) is 0. The fraction of sp³-hybridized carbons (Fsp3) is 0.474. The summed E-state index contributed by atoms with van der Waals surface area (Å²) in [5.74, 6) is -0.0898. The van der Waals surface area contributed by atoms with Crippen LogP contribution < -0.4 is 0 Å². The van der Waals surface area contributed by atoms with E-state index < -0.39 is 0 Å². The van der Waals surface area contributed by atoms with Crippen LogP contribution in [0.25, 0.3) is 10.9 Å². The minimum absolute atomic E-state index is 0.0743. The highest BCUT2D eigenvalue weighted by Crippen LogP contribution is 2.27. The number of carbonyl (C=O) groups excluding carboxylic acids is 2. The van der Waals surface area contributed by atoms with Crippen LogP contribution in [-0.2, 0) is 20.7 Å². The average Bonchev–Trinajstić information content (AvgIpc) is 2.90. The SMILES string of the molecule is CCOC(=O)C1CCN(C(=O)Cc2c(C)[nH]c3ccc(Br)cc23)CC1. The van der Waals surface area contributed by atoms with Gasteiger partial charge in [-0.05, 0) is 50.5 Å². The molecule has 1 aliphatic rings. The summed E-state index contributed by atoms with van der Waals surface area (Å²) in [5.41, 5.74) is 3.13. The molecule has 134 valence electrons. The van der Waals surface area contributed by atoms with Gasteiger partial charge in [-0.1, -0.05) is 15.9 Å². The van der Waals surface area contributed by atoms with Crippen LogP contribution in [0.4, 0.5) is 0 Å². The Bertz CT molecular complexity index is 791. The van der Waals surface area contributed by atoms with Gasteiger partial charge >= 0.3 is 5.97 Å². The Balaban J connectivity index is 1.67. The number of carbonyl (C=O) groups is 2. The summed E-state index contributed by atoms with van der Waals surface area (Å²) in [6, 6.07) is 6.06. The summed E-state index contributed by atoms with van der Waals surface area (Å²) in [4.78, 5) is 29.8. The summed E-state index contributed by atoms with van der Waals surface area (Å²) in [5, 5.41) is 1.08. The number of amides is 1. The zero-order valence-electron chi connectivity index (χ0n) is 14.6. The van der Waals surface area contributed by atoms with Crippen molar-refractivity contribution in [1.82, 2.24) is 9.88 Å². The Hall–Kier alpha value is -1.82. The minimum Gasteiger partial charge on any atom is -0.466 e. The first-order valence-electron chi connectivity index (χ1n) is 8.70. The lowest BCUT2D eigenvalue weighted by Gasteiger charge is -2.31. The van der Waals surface area contributed by atoms with E-state index in [9.17, 15) is 9.59 Å². The van der Waals surface area contributed by atoms with Crippen molar-refractivity contribution in [2.45, 2.75) is 33.1 Å². The molecule has 2 heterocycles. The lowest BCUT2D eigenvalue weighted by molar-refractivity contribution is -0.151. The molecule has 25 heavy (non-hydrogen) atoms. The molecule has 0 atom stereocenters. The third kappa shape index (κ3) is 3.89. The molecule has 1 amide bonds. The van der Waals surface area contributed by atoms with Crippen LogP contribution >= 0.6 is 15.9 Å². The van der Waals surface area contributed by atoms with E-state index in [1.807, 2.05) is 30.9 Å². The molecule has 6 heteroatoms. The highest BCUT2D eigenvalue weighted by molar-refractivity contribution is 9.10. The number of nitrogens with zero attached hydrogens (tertiary/aromatic N) is 1. The van der Waals surface area contributed by atoms with Crippen LogP contribution in [0.1, 0.15) is 31.0 Å². The smallest absolute Gasteiger partial charge is 0.309 e. The van der Waals surface area contributed by atoms with Gasteiger partial charge in [-0.2, -0.15) is 0 Å². The lowest BCUT2D eigenvalue weighted by Crippen LogP contribution is -2.41. The molecular weight excluding hydrogens is 384 g/mol. The number of H-pyrrole nitrogens is 1. The molecule has 0 aliphatic carbocycles. The van der Waals surface area contributed by atoms with Crippen LogP contribution in [0.3, 0.4) is 0 Å². The zero-order chi connectivity index (χ0) is 18.0. The van der Waals surface area contributed by atoms with Crippen molar-refractivity contribution in [2.24, 2.45) is 5.92 Å². The van der Waals surface area contributed by atoms with Crippen LogP contribution in [0.5, 0.6) is 0 Å². The molecule has 0 bridgehead atoms. The number of likely N-dealkylation sites (tertiary alicyclic amines) is 1. The van der Waals surface area contributed by atoms with Crippen LogP contribution in [-0.4, -0.2) is 41.5 Å². The molecule has 1 saturated heterocycles. The minimum atomic E-state index is -0.132. The molecule has 0 unspecified atom stereocenters. The van der Waals surface area contributed by atoms with E-state index in [2.05, 4.69) is 27.0 Å². The second-order valence-electron chi connectivity index (χ2n) is 6.50. The first-order chi connectivity index (χ1) is 12.0. The van der Waals surface area contributed by atoms with Gasteiger partial charge in [0.2, 0.25) is 5.91 Å². The lowest BCUT2D eigenvalue weighted by atomic mass is 9.96. The second kappa shape index (κ2) is 7.60.